The maximum atomic E-state index is 12.6. The molecule has 2 aromatic carbocycles. The molecule has 0 saturated carbocycles. The zero-order valence-electron chi connectivity index (χ0n) is 14.9. The molecule has 5 nitrogen and oxygen atoms in total. The molecule has 134 valence electrons. The lowest BCUT2D eigenvalue weighted by Gasteiger charge is -2.24. The molecule has 25 heavy (non-hydrogen) atoms. The highest BCUT2D eigenvalue weighted by atomic mass is 35.5. The molecule has 0 aliphatic rings. The maximum Gasteiger partial charge on any atom is 0.253 e. The number of halogens is 1. The lowest BCUT2D eigenvalue weighted by Crippen LogP contribution is -2.45. The molecule has 0 radical (unpaired) electrons. The first-order valence-corrected chi connectivity index (χ1v) is 7.71. The van der Waals surface area contributed by atoms with Crippen LogP contribution >= 0.6 is 12.4 Å². The summed E-state index contributed by atoms with van der Waals surface area (Å²) in [5.41, 5.74) is 7.82. The van der Waals surface area contributed by atoms with E-state index in [0.717, 1.165) is 11.1 Å². The van der Waals surface area contributed by atoms with E-state index in [2.05, 4.69) is 5.32 Å². The van der Waals surface area contributed by atoms with E-state index in [-0.39, 0.29) is 24.2 Å². The molecule has 0 heterocycles. The molecule has 1 unspecified atom stereocenters. The third-order valence-corrected chi connectivity index (χ3v) is 3.97. The van der Waals surface area contributed by atoms with Gasteiger partial charge in [0.1, 0.15) is 5.54 Å². The van der Waals surface area contributed by atoms with E-state index in [0.29, 0.717) is 11.3 Å². The third kappa shape index (κ3) is 4.59. The normalized spacial score (nSPS) is 12.5. The van der Waals surface area contributed by atoms with Gasteiger partial charge < -0.3 is 16.0 Å². The summed E-state index contributed by atoms with van der Waals surface area (Å²) in [7, 11) is 3.41. The van der Waals surface area contributed by atoms with Crippen LogP contribution in [0.25, 0.3) is 0 Å². The van der Waals surface area contributed by atoms with Gasteiger partial charge in [-0.1, -0.05) is 30.3 Å². The van der Waals surface area contributed by atoms with Crippen molar-refractivity contribution in [2.75, 3.05) is 19.4 Å². The molecule has 0 spiro atoms. The summed E-state index contributed by atoms with van der Waals surface area (Å²) in [5, 5.41) is 2.83. The molecule has 1 atom stereocenters. The highest BCUT2D eigenvalue weighted by molar-refractivity contribution is 6.00. The Morgan fingerprint density at radius 3 is 2.20 bits per heavy atom. The van der Waals surface area contributed by atoms with E-state index in [1.807, 2.05) is 37.3 Å². The third-order valence-electron chi connectivity index (χ3n) is 3.97. The maximum absolute atomic E-state index is 12.6. The molecule has 2 amide bonds. The van der Waals surface area contributed by atoms with Crippen LogP contribution in [0.2, 0.25) is 0 Å². The number of anilines is 1. The Balaban J connectivity index is 0.00000312. The number of nitrogens with zero attached hydrogens (tertiary/aromatic N) is 1. The van der Waals surface area contributed by atoms with Crippen LogP contribution in [0.3, 0.4) is 0 Å². The smallest absolute Gasteiger partial charge is 0.253 e. The highest BCUT2D eigenvalue weighted by Gasteiger charge is 2.30. The van der Waals surface area contributed by atoms with E-state index < -0.39 is 5.54 Å². The van der Waals surface area contributed by atoms with E-state index in [1.54, 1.807) is 39.2 Å². The van der Waals surface area contributed by atoms with Gasteiger partial charge in [-0.15, -0.1) is 12.4 Å². The Morgan fingerprint density at radius 1 is 1.08 bits per heavy atom. The van der Waals surface area contributed by atoms with Gasteiger partial charge in [0.05, 0.1) is 0 Å². The van der Waals surface area contributed by atoms with Crippen LogP contribution < -0.4 is 11.1 Å². The molecular weight excluding hydrogens is 338 g/mol. The second-order valence-electron chi connectivity index (χ2n) is 6.25. The number of rotatable bonds is 4. The number of nitrogens with two attached hydrogens (primary N) is 1. The molecule has 0 aliphatic carbocycles. The molecule has 0 fully saturated rings. The van der Waals surface area contributed by atoms with Crippen molar-refractivity contribution in [2.45, 2.75) is 19.4 Å². The van der Waals surface area contributed by atoms with Crippen molar-refractivity contribution in [2.24, 2.45) is 5.73 Å². The van der Waals surface area contributed by atoms with E-state index in [9.17, 15) is 9.59 Å². The molecule has 0 aliphatic heterocycles. The van der Waals surface area contributed by atoms with Gasteiger partial charge >= 0.3 is 0 Å². The minimum atomic E-state index is -1.15. The summed E-state index contributed by atoms with van der Waals surface area (Å²) in [6, 6.07) is 14.4. The summed E-state index contributed by atoms with van der Waals surface area (Å²) >= 11 is 0. The summed E-state index contributed by atoms with van der Waals surface area (Å²) in [6.07, 6.45) is 0. The van der Waals surface area contributed by atoms with Crippen molar-refractivity contribution in [1.82, 2.24) is 4.90 Å². The fourth-order valence-electron chi connectivity index (χ4n) is 2.40. The van der Waals surface area contributed by atoms with Crippen LogP contribution in [0.5, 0.6) is 0 Å². The van der Waals surface area contributed by atoms with Gasteiger partial charge in [-0.25, -0.2) is 0 Å². The van der Waals surface area contributed by atoms with Gasteiger partial charge in [0.25, 0.3) is 5.91 Å². The van der Waals surface area contributed by atoms with Crippen molar-refractivity contribution in [1.29, 1.82) is 0 Å². The minimum absolute atomic E-state index is 0. The highest BCUT2D eigenvalue weighted by Crippen LogP contribution is 2.22. The zero-order chi connectivity index (χ0) is 17.9. The molecule has 0 saturated heterocycles. The molecule has 6 heteroatoms. The first-order chi connectivity index (χ1) is 11.2. The minimum Gasteiger partial charge on any atom is -0.345 e. The second-order valence-corrected chi connectivity index (χ2v) is 6.25. The Bertz CT molecular complexity index is 759. The average molecular weight is 362 g/mol. The molecular formula is C19H24ClN3O2. The lowest BCUT2D eigenvalue weighted by atomic mass is 9.92. The molecule has 3 N–H and O–H groups in total. The number of hydrogen-bond acceptors (Lipinski definition) is 3. The van der Waals surface area contributed by atoms with Crippen LogP contribution in [0, 0.1) is 6.92 Å². The van der Waals surface area contributed by atoms with Crippen molar-refractivity contribution in [3.63, 3.8) is 0 Å². The molecule has 2 rings (SSSR count). The number of benzene rings is 2. The number of amides is 2. The summed E-state index contributed by atoms with van der Waals surface area (Å²) in [6.45, 7) is 3.51. The first-order valence-electron chi connectivity index (χ1n) is 7.71. The number of carbonyl (C=O) groups excluding carboxylic acids is 2. The SMILES string of the molecule is Cc1cc(NC(=O)C(C)(N)c2ccccc2)ccc1C(=O)N(C)C.Cl. The second kappa shape index (κ2) is 8.14. The predicted octanol–water partition coefficient (Wildman–Crippen LogP) is 2.93. The molecule has 2 aromatic rings. The van der Waals surface area contributed by atoms with Crippen molar-refractivity contribution in [3.8, 4) is 0 Å². The first kappa shape index (κ1) is 20.7. The van der Waals surface area contributed by atoms with Crippen molar-refractivity contribution < 1.29 is 9.59 Å². The Labute approximate surface area is 154 Å². The van der Waals surface area contributed by atoms with E-state index >= 15 is 0 Å². The number of carbonyl (C=O) groups is 2. The average Bonchev–Trinajstić information content (AvgIpc) is 2.55. The quantitative estimate of drug-likeness (QED) is 0.879. The van der Waals surface area contributed by atoms with Crippen LogP contribution in [0.15, 0.2) is 48.5 Å². The summed E-state index contributed by atoms with van der Waals surface area (Å²) in [4.78, 5) is 26.1. The van der Waals surface area contributed by atoms with Gasteiger partial charge in [0.2, 0.25) is 5.91 Å². The topological polar surface area (TPSA) is 75.4 Å². The fourth-order valence-corrected chi connectivity index (χ4v) is 2.40. The van der Waals surface area contributed by atoms with Gasteiger partial charge in [-0.3, -0.25) is 9.59 Å². The number of nitrogens with one attached hydrogen (secondary N) is 1. The molecule has 0 bridgehead atoms. The Kier molecular flexibility index (Phi) is 6.73. The predicted molar refractivity (Wildman–Crippen MR) is 103 cm³/mol. The lowest BCUT2D eigenvalue weighted by molar-refractivity contribution is -0.120. The van der Waals surface area contributed by atoms with Crippen molar-refractivity contribution in [3.05, 3.63) is 65.2 Å². The summed E-state index contributed by atoms with van der Waals surface area (Å²) < 4.78 is 0. The van der Waals surface area contributed by atoms with Crippen LogP contribution in [-0.2, 0) is 10.3 Å². The van der Waals surface area contributed by atoms with Gasteiger partial charge in [0, 0.05) is 25.3 Å². The summed E-state index contributed by atoms with van der Waals surface area (Å²) in [5.74, 6) is -0.377. The van der Waals surface area contributed by atoms with Gasteiger partial charge in [-0.2, -0.15) is 0 Å². The number of aryl methyl sites for hydroxylation is 1. The van der Waals surface area contributed by atoms with E-state index in [4.69, 9.17) is 5.73 Å². The molecule has 0 aromatic heterocycles. The van der Waals surface area contributed by atoms with Crippen LogP contribution in [0.1, 0.15) is 28.4 Å². The van der Waals surface area contributed by atoms with Crippen LogP contribution in [-0.4, -0.2) is 30.8 Å². The Morgan fingerprint density at radius 2 is 1.68 bits per heavy atom. The van der Waals surface area contributed by atoms with Gasteiger partial charge in [0.15, 0.2) is 0 Å². The standard InChI is InChI=1S/C19H23N3O2.ClH/c1-13-12-15(10-11-16(13)17(23)22(3)4)21-18(24)19(2,20)14-8-6-5-7-9-14;/h5-12H,20H2,1-4H3,(H,21,24);1H. The fraction of sp³-hybridized carbons (Fsp3) is 0.263. The van der Waals surface area contributed by atoms with E-state index in [1.165, 1.54) is 4.90 Å². The van der Waals surface area contributed by atoms with Crippen molar-refractivity contribution >= 4 is 29.9 Å². The Hall–Kier alpha value is -2.37. The van der Waals surface area contributed by atoms with Crippen LogP contribution in [0.4, 0.5) is 5.69 Å². The number of hydrogen-bond donors (Lipinski definition) is 2. The zero-order valence-corrected chi connectivity index (χ0v) is 15.7. The van der Waals surface area contributed by atoms with Gasteiger partial charge in [-0.05, 0) is 43.2 Å². The monoisotopic (exact) mass is 361 g/mol. The largest absolute Gasteiger partial charge is 0.345 e.